The van der Waals surface area contributed by atoms with Crippen LogP contribution >= 0.6 is 24.0 Å². The summed E-state index contributed by atoms with van der Waals surface area (Å²) >= 11 is 0. The summed E-state index contributed by atoms with van der Waals surface area (Å²) in [4.78, 5) is 7.13. The van der Waals surface area contributed by atoms with Crippen LogP contribution in [0.4, 0.5) is 0 Å². The summed E-state index contributed by atoms with van der Waals surface area (Å²) in [6, 6.07) is 7.52. The molecule has 1 saturated carbocycles. The van der Waals surface area contributed by atoms with Crippen LogP contribution < -0.4 is 20.1 Å². The fourth-order valence-electron chi connectivity index (χ4n) is 4.62. The zero-order chi connectivity index (χ0) is 19.6. The normalized spacial score (nSPS) is 22.6. The molecule has 4 rings (SSSR count). The van der Waals surface area contributed by atoms with Crippen molar-refractivity contribution in [1.29, 1.82) is 0 Å². The Labute approximate surface area is 191 Å². The number of aliphatic imine (C=N–C) groups is 1. The SMILES string of the molecule is CN=C(NCC(C)(C)c1ccc2c(c1)OCO2)NC1CCN(C2CCCC2)C1.I. The molecule has 0 radical (unpaired) electrons. The summed E-state index contributed by atoms with van der Waals surface area (Å²) < 4.78 is 11.0. The first-order valence-corrected chi connectivity index (χ1v) is 10.7. The van der Waals surface area contributed by atoms with Gasteiger partial charge in [0.25, 0.3) is 0 Å². The minimum absolute atomic E-state index is 0. The van der Waals surface area contributed by atoms with Crippen LogP contribution in [0.2, 0.25) is 0 Å². The van der Waals surface area contributed by atoms with Crippen LogP contribution in [0.1, 0.15) is 51.5 Å². The smallest absolute Gasteiger partial charge is 0.231 e. The maximum absolute atomic E-state index is 5.54. The number of nitrogens with one attached hydrogen (secondary N) is 2. The van der Waals surface area contributed by atoms with Gasteiger partial charge in [-0.2, -0.15) is 0 Å². The van der Waals surface area contributed by atoms with Crippen LogP contribution in [0.15, 0.2) is 23.2 Å². The number of rotatable bonds is 5. The highest BCUT2D eigenvalue weighted by molar-refractivity contribution is 14.0. The van der Waals surface area contributed by atoms with Crippen molar-refractivity contribution in [2.24, 2.45) is 4.99 Å². The van der Waals surface area contributed by atoms with E-state index in [-0.39, 0.29) is 29.4 Å². The molecule has 1 aliphatic carbocycles. The Bertz CT molecular complexity index is 719. The van der Waals surface area contributed by atoms with Gasteiger partial charge < -0.3 is 20.1 Å². The van der Waals surface area contributed by atoms with Crippen LogP contribution in [-0.4, -0.2) is 56.4 Å². The van der Waals surface area contributed by atoms with E-state index >= 15 is 0 Å². The molecule has 0 amide bonds. The molecule has 0 bridgehead atoms. The topological polar surface area (TPSA) is 58.1 Å². The molecule has 0 aromatic heterocycles. The molecule has 3 aliphatic rings. The van der Waals surface area contributed by atoms with Crippen molar-refractivity contribution in [3.63, 3.8) is 0 Å². The van der Waals surface area contributed by atoms with E-state index in [9.17, 15) is 0 Å². The van der Waals surface area contributed by atoms with E-state index in [0.29, 0.717) is 12.8 Å². The molecular formula is C22H35IN4O2. The van der Waals surface area contributed by atoms with Crippen molar-refractivity contribution >= 4 is 29.9 Å². The number of likely N-dealkylation sites (tertiary alicyclic amines) is 1. The predicted molar refractivity (Wildman–Crippen MR) is 128 cm³/mol. The summed E-state index contributed by atoms with van der Waals surface area (Å²) in [6.07, 6.45) is 6.75. The van der Waals surface area contributed by atoms with E-state index in [0.717, 1.165) is 36.6 Å². The van der Waals surface area contributed by atoms with Crippen LogP contribution in [0, 0.1) is 0 Å². The second kappa shape index (κ2) is 9.73. The zero-order valence-corrected chi connectivity index (χ0v) is 20.2. The Kier molecular flexibility index (Phi) is 7.53. The van der Waals surface area contributed by atoms with E-state index in [1.54, 1.807) is 0 Å². The van der Waals surface area contributed by atoms with Gasteiger partial charge in [-0.25, -0.2) is 0 Å². The Hall–Kier alpha value is -1.22. The Morgan fingerprint density at radius 2 is 1.93 bits per heavy atom. The highest BCUT2D eigenvalue weighted by atomic mass is 127. The van der Waals surface area contributed by atoms with Crippen LogP contribution in [0.3, 0.4) is 0 Å². The first kappa shape index (κ1) is 22.5. The third-order valence-electron chi connectivity index (χ3n) is 6.48. The Morgan fingerprint density at radius 3 is 2.69 bits per heavy atom. The van der Waals surface area contributed by atoms with Crippen LogP contribution in [0.5, 0.6) is 11.5 Å². The second-order valence-electron chi connectivity index (χ2n) is 8.94. The highest BCUT2D eigenvalue weighted by Crippen LogP contribution is 2.36. The van der Waals surface area contributed by atoms with Crippen molar-refractivity contribution in [2.75, 3.05) is 33.5 Å². The molecule has 29 heavy (non-hydrogen) atoms. The highest BCUT2D eigenvalue weighted by Gasteiger charge is 2.30. The standard InChI is InChI=1S/C22H34N4O2.HI/c1-22(2,16-8-9-19-20(12-16)28-15-27-19)14-24-21(23-3)25-17-10-11-26(13-17)18-6-4-5-7-18;/h8-9,12,17-18H,4-7,10-11,13-15H2,1-3H3,(H2,23,24,25);1H. The van der Waals surface area contributed by atoms with Gasteiger partial charge in [0.15, 0.2) is 17.5 Å². The number of guanidine groups is 1. The van der Waals surface area contributed by atoms with E-state index < -0.39 is 0 Å². The van der Waals surface area contributed by atoms with Crippen molar-refractivity contribution in [1.82, 2.24) is 15.5 Å². The molecule has 2 fully saturated rings. The fraction of sp³-hybridized carbons (Fsp3) is 0.682. The minimum Gasteiger partial charge on any atom is -0.454 e. The van der Waals surface area contributed by atoms with Gasteiger partial charge >= 0.3 is 0 Å². The maximum atomic E-state index is 5.54. The third kappa shape index (κ3) is 5.29. The molecule has 2 aliphatic heterocycles. The predicted octanol–water partition coefficient (Wildman–Crippen LogP) is 3.49. The lowest BCUT2D eigenvalue weighted by atomic mass is 9.84. The maximum Gasteiger partial charge on any atom is 0.231 e. The summed E-state index contributed by atoms with van der Waals surface area (Å²) in [5, 5.41) is 7.17. The molecule has 2 heterocycles. The Balaban J connectivity index is 0.00000240. The van der Waals surface area contributed by atoms with E-state index in [1.807, 2.05) is 13.1 Å². The largest absolute Gasteiger partial charge is 0.454 e. The van der Waals surface area contributed by atoms with Crippen LogP contribution in [-0.2, 0) is 5.41 Å². The lowest BCUT2D eigenvalue weighted by molar-refractivity contribution is 0.174. The number of benzene rings is 1. The molecule has 7 heteroatoms. The molecule has 1 aromatic carbocycles. The van der Waals surface area contributed by atoms with Crippen molar-refractivity contribution in [3.8, 4) is 11.5 Å². The van der Waals surface area contributed by atoms with Gasteiger partial charge in [-0.15, -0.1) is 24.0 Å². The average molecular weight is 514 g/mol. The molecule has 0 spiro atoms. The van der Waals surface area contributed by atoms with Crippen molar-refractivity contribution < 1.29 is 9.47 Å². The number of hydrogen-bond acceptors (Lipinski definition) is 4. The average Bonchev–Trinajstić information content (AvgIpc) is 3.45. The van der Waals surface area contributed by atoms with Crippen molar-refractivity contribution in [2.45, 2.75) is 63.5 Å². The first-order valence-electron chi connectivity index (χ1n) is 10.7. The quantitative estimate of drug-likeness (QED) is 0.358. The summed E-state index contributed by atoms with van der Waals surface area (Å²) in [7, 11) is 1.85. The lowest BCUT2D eigenvalue weighted by Crippen LogP contribution is -2.48. The summed E-state index contributed by atoms with van der Waals surface area (Å²) in [6.45, 7) is 7.93. The van der Waals surface area contributed by atoms with Crippen molar-refractivity contribution in [3.05, 3.63) is 23.8 Å². The zero-order valence-electron chi connectivity index (χ0n) is 17.9. The number of fused-ring (bicyclic) bond motifs is 1. The molecule has 6 nitrogen and oxygen atoms in total. The van der Waals surface area contributed by atoms with Gasteiger partial charge in [0, 0.05) is 44.2 Å². The van der Waals surface area contributed by atoms with E-state index in [2.05, 4.69) is 46.5 Å². The number of halogens is 1. The lowest BCUT2D eigenvalue weighted by Gasteiger charge is -2.28. The van der Waals surface area contributed by atoms with Gasteiger partial charge in [-0.1, -0.05) is 32.8 Å². The number of hydrogen-bond donors (Lipinski definition) is 2. The van der Waals surface area contributed by atoms with E-state index in [4.69, 9.17) is 9.47 Å². The summed E-state index contributed by atoms with van der Waals surface area (Å²) in [5.74, 6) is 2.57. The number of ether oxygens (including phenoxy) is 2. The van der Waals surface area contributed by atoms with Gasteiger partial charge in [0.05, 0.1) is 0 Å². The van der Waals surface area contributed by atoms with Gasteiger partial charge in [0.1, 0.15) is 0 Å². The monoisotopic (exact) mass is 514 g/mol. The minimum atomic E-state index is -0.0514. The molecule has 1 saturated heterocycles. The summed E-state index contributed by atoms with van der Waals surface area (Å²) in [5.41, 5.74) is 1.18. The Morgan fingerprint density at radius 1 is 1.17 bits per heavy atom. The third-order valence-corrected chi connectivity index (χ3v) is 6.48. The van der Waals surface area contributed by atoms with E-state index in [1.165, 1.54) is 44.2 Å². The van der Waals surface area contributed by atoms with Gasteiger partial charge in [0.2, 0.25) is 6.79 Å². The van der Waals surface area contributed by atoms with Gasteiger partial charge in [-0.05, 0) is 37.0 Å². The molecule has 1 aromatic rings. The molecule has 1 unspecified atom stereocenters. The fourth-order valence-corrected chi connectivity index (χ4v) is 4.62. The number of nitrogens with zero attached hydrogens (tertiary/aromatic N) is 2. The second-order valence-corrected chi connectivity index (χ2v) is 8.94. The molecular weight excluding hydrogens is 479 g/mol. The molecule has 2 N–H and O–H groups in total. The molecule has 162 valence electrons. The van der Waals surface area contributed by atoms with Crippen LogP contribution in [0.25, 0.3) is 0 Å². The van der Waals surface area contributed by atoms with Gasteiger partial charge in [-0.3, -0.25) is 9.89 Å². The first-order chi connectivity index (χ1) is 13.5. The molecule has 1 atom stereocenters.